The molecule has 4 heavy (non-hydrogen) atoms. The highest BCUT2D eigenvalue weighted by Crippen LogP contribution is 1.34. The fourth-order valence-corrected chi connectivity index (χ4v) is 0. The molecule has 3 radical (unpaired) electrons. The molecule has 0 aromatic heterocycles. The number of nitrogens with zero attached hydrogens (tertiary/aromatic N) is 1. The van der Waals surface area contributed by atoms with Gasteiger partial charge in [0.25, 0.3) is 0 Å². The van der Waals surface area contributed by atoms with E-state index in [1.54, 1.807) is 7.05 Å². The van der Waals surface area contributed by atoms with Crippen LogP contribution in [0.5, 0.6) is 0 Å². The third-order valence-corrected chi connectivity index (χ3v) is 0. The Morgan fingerprint density at radius 3 is 2.00 bits per heavy atom. The van der Waals surface area contributed by atoms with Crippen LogP contribution >= 0.6 is 0 Å². The van der Waals surface area contributed by atoms with Crippen molar-refractivity contribution in [2.24, 2.45) is 5.84 Å². The van der Waals surface area contributed by atoms with Crippen molar-refractivity contribution < 1.29 is 0 Å². The Morgan fingerprint density at radius 2 is 2.00 bits per heavy atom. The third-order valence-electron chi connectivity index (χ3n) is 0. The number of nitrogens with two attached hydrogens (primary N) is 1. The lowest BCUT2D eigenvalue weighted by molar-refractivity contribution is 0.587. The molecule has 0 aliphatic rings. The largest absolute Gasteiger partial charge is 0.276 e. The van der Waals surface area contributed by atoms with Crippen LogP contribution in [0.4, 0.5) is 0 Å². The summed E-state index contributed by atoms with van der Waals surface area (Å²) in [5, 5.41) is 0. The van der Waals surface area contributed by atoms with Gasteiger partial charge in [-0.2, -0.15) is 0 Å². The number of hydrogen-bond donors (Lipinski definition) is 1. The van der Waals surface area contributed by atoms with Gasteiger partial charge in [-0.3, -0.25) is 10.5 Å². The zero-order valence-electron chi connectivity index (χ0n) is 2.52. The molecule has 2 nitrogen and oxygen atoms in total. The van der Waals surface area contributed by atoms with Gasteiger partial charge in [0.2, 0.25) is 0 Å². The monoisotopic (exact) mass is 73.0 g/mol. The summed E-state index contributed by atoms with van der Waals surface area (Å²) in [6.07, 6.45) is 0. The summed E-state index contributed by atoms with van der Waals surface area (Å²) in [5.41, 5.74) is 0. The van der Waals surface area contributed by atoms with Gasteiger partial charge in [-0.05, 0) is 7.05 Å². The smallest absolute Gasteiger partial charge is 0.166 e. The summed E-state index contributed by atoms with van der Waals surface area (Å²) in [6, 6.07) is 0. The third kappa shape index (κ3) is 147. The quantitative estimate of drug-likeness (QED) is 0.223. The van der Waals surface area contributed by atoms with E-state index in [4.69, 9.17) is 5.84 Å². The first-order valence-electron chi connectivity index (χ1n) is 0.929. The SMILES string of the molecule is CN(N)[Si]. The normalized spacial score (nSPS) is 9.00. The van der Waals surface area contributed by atoms with Crippen LogP contribution in [0, 0.1) is 0 Å². The van der Waals surface area contributed by atoms with E-state index in [2.05, 4.69) is 10.4 Å². The highest BCUT2D eigenvalue weighted by Gasteiger charge is 1.59. The van der Waals surface area contributed by atoms with Gasteiger partial charge in [0, 0.05) is 0 Å². The van der Waals surface area contributed by atoms with Gasteiger partial charge in [-0.25, -0.2) is 0 Å². The van der Waals surface area contributed by atoms with E-state index in [0.29, 0.717) is 0 Å². The topological polar surface area (TPSA) is 29.3 Å². The highest BCUT2D eigenvalue weighted by atomic mass is 28.2. The molecular formula is CH5N2Si. The van der Waals surface area contributed by atoms with Crippen LogP contribution in [0.25, 0.3) is 0 Å². The maximum absolute atomic E-state index is 4.86. The maximum Gasteiger partial charge on any atom is 0.166 e. The van der Waals surface area contributed by atoms with Gasteiger partial charge < -0.3 is 0 Å². The average Bonchev–Trinajstić information content (AvgIpc) is 0.811. The lowest BCUT2D eigenvalue weighted by Gasteiger charge is -1.90. The van der Waals surface area contributed by atoms with E-state index < -0.39 is 0 Å². The van der Waals surface area contributed by atoms with Gasteiger partial charge in [0.1, 0.15) is 0 Å². The maximum atomic E-state index is 4.86. The van der Waals surface area contributed by atoms with Gasteiger partial charge in [-0.15, -0.1) is 0 Å². The lowest BCUT2D eigenvalue weighted by atomic mass is 11.5. The van der Waals surface area contributed by atoms with E-state index in [0.717, 1.165) is 0 Å². The van der Waals surface area contributed by atoms with Gasteiger partial charge in [0.15, 0.2) is 10.4 Å². The minimum Gasteiger partial charge on any atom is -0.276 e. The molecule has 0 spiro atoms. The first kappa shape index (κ1) is 4.14. The molecule has 0 rings (SSSR count). The van der Waals surface area contributed by atoms with Crippen molar-refractivity contribution in [3.05, 3.63) is 0 Å². The molecule has 0 saturated heterocycles. The van der Waals surface area contributed by atoms with E-state index in [1.165, 1.54) is 4.67 Å². The first-order chi connectivity index (χ1) is 1.73. The minimum atomic E-state index is 1.31. The Bertz CT molecular complexity index is 10.8. The minimum absolute atomic E-state index is 1.31. The molecule has 0 aromatic rings. The number of hydrazine groups is 1. The van der Waals surface area contributed by atoms with Crippen LogP contribution in [0.15, 0.2) is 0 Å². The van der Waals surface area contributed by atoms with Crippen LogP contribution in [0.3, 0.4) is 0 Å². The van der Waals surface area contributed by atoms with Gasteiger partial charge in [0.05, 0.1) is 0 Å². The second kappa shape index (κ2) is 1.46. The molecule has 2 N–H and O–H groups in total. The Morgan fingerprint density at radius 1 is 2.00 bits per heavy atom. The molecule has 0 bridgehead atoms. The summed E-state index contributed by atoms with van der Waals surface area (Å²) in [5.74, 6) is 4.86. The van der Waals surface area contributed by atoms with E-state index in [-0.39, 0.29) is 0 Å². The lowest BCUT2D eigenvalue weighted by Crippen LogP contribution is -2.21. The molecule has 23 valence electrons. The zero-order chi connectivity index (χ0) is 3.58. The molecule has 3 heteroatoms. The van der Waals surface area contributed by atoms with Crippen molar-refractivity contribution in [2.45, 2.75) is 0 Å². The predicted octanol–water partition coefficient (Wildman–Crippen LogP) is -1.12. The standard InChI is InChI=1S/CH5N2Si/c1-3(2)4/h2H2,1H3. The fourth-order valence-electron chi connectivity index (χ4n) is 0. The second-order valence-electron chi connectivity index (χ2n) is 0.611. The van der Waals surface area contributed by atoms with Crippen molar-refractivity contribution in [2.75, 3.05) is 7.05 Å². The Balaban J connectivity index is 2.32. The van der Waals surface area contributed by atoms with Crippen molar-refractivity contribution in [1.82, 2.24) is 4.67 Å². The Hall–Kier alpha value is 0.137. The Labute approximate surface area is 29.1 Å². The van der Waals surface area contributed by atoms with Gasteiger partial charge in [-0.1, -0.05) is 0 Å². The fraction of sp³-hybridized carbons (Fsp3) is 1.00. The summed E-state index contributed by atoms with van der Waals surface area (Å²) >= 11 is 0. The summed E-state index contributed by atoms with van der Waals surface area (Å²) in [6.45, 7) is 0. The molecule has 0 fully saturated rings. The molecular weight excluding hydrogens is 68.1 g/mol. The van der Waals surface area contributed by atoms with E-state index in [1.807, 2.05) is 0 Å². The van der Waals surface area contributed by atoms with Crippen molar-refractivity contribution in [3.63, 3.8) is 0 Å². The van der Waals surface area contributed by atoms with Crippen molar-refractivity contribution in [1.29, 1.82) is 0 Å². The average molecular weight is 73.2 g/mol. The summed E-state index contributed by atoms with van der Waals surface area (Å²) in [4.78, 5) is 0. The highest BCUT2D eigenvalue weighted by molar-refractivity contribution is 6.03. The summed E-state index contributed by atoms with van der Waals surface area (Å²) < 4.78 is 1.31. The molecule has 0 heterocycles. The Kier molecular flexibility index (Phi) is 1.51. The van der Waals surface area contributed by atoms with Crippen LogP contribution in [-0.2, 0) is 0 Å². The summed E-state index contributed by atoms with van der Waals surface area (Å²) in [7, 11) is 4.61. The van der Waals surface area contributed by atoms with Crippen molar-refractivity contribution in [3.8, 4) is 0 Å². The zero-order valence-corrected chi connectivity index (χ0v) is 3.52. The number of hydrogen-bond acceptors (Lipinski definition) is 2. The molecule has 0 aromatic carbocycles. The van der Waals surface area contributed by atoms with Crippen LogP contribution in [-0.4, -0.2) is 22.1 Å². The number of rotatable bonds is 0. The second-order valence-corrected chi connectivity index (χ2v) is 1.32. The molecule has 0 unspecified atom stereocenters. The molecule has 0 amide bonds. The molecule has 0 aliphatic heterocycles. The molecule has 0 aliphatic carbocycles. The van der Waals surface area contributed by atoms with Crippen LogP contribution < -0.4 is 5.84 Å². The first-order valence-corrected chi connectivity index (χ1v) is 1.38. The molecule has 0 saturated carbocycles. The van der Waals surface area contributed by atoms with Crippen LogP contribution in [0.1, 0.15) is 0 Å². The van der Waals surface area contributed by atoms with E-state index >= 15 is 0 Å². The van der Waals surface area contributed by atoms with Crippen LogP contribution in [0.2, 0.25) is 0 Å². The molecule has 0 atom stereocenters. The van der Waals surface area contributed by atoms with E-state index in [9.17, 15) is 0 Å². The van der Waals surface area contributed by atoms with Crippen molar-refractivity contribution >= 4 is 10.4 Å². The predicted molar refractivity (Wildman–Crippen MR) is 17.7 cm³/mol. The van der Waals surface area contributed by atoms with Gasteiger partial charge >= 0.3 is 0 Å².